The van der Waals surface area contributed by atoms with Gasteiger partial charge in [-0.3, -0.25) is 4.79 Å². The lowest BCUT2D eigenvalue weighted by molar-refractivity contribution is 0.101. The fourth-order valence-electron chi connectivity index (χ4n) is 0.746. The number of hydrogen-bond acceptors (Lipinski definition) is 4. The predicted octanol–water partition coefficient (Wildman–Crippen LogP) is 0.572. The number of carbonyl (C=O) groups excluding carboxylic acids is 1. The molecule has 0 bridgehead atoms. The lowest BCUT2D eigenvalue weighted by Crippen LogP contribution is -1.97. The SMILES string of the molecule is CC(=O)c1cc(N)ncc1O. The normalized spacial score (nSPS) is 9.55. The van der Waals surface area contributed by atoms with Gasteiger partial charge in [-0.1, -0.05) is 0 Å². The molecule has 0 aliphatic rings. The van der Waals surface area contributed by atoms with Gasteiger partial charge in [0.05, 0.1) is 11.8 Å². The van der Waals surface area contributed by atoms with Crippen LogP contribution in [-0.2, 0) is 0 Å². The van der Waals surface area contributed by atoms with Crippen LogP contribution in [0.3, 0.4) is 0 Å². The summed E-state index contributed by atoms with van der Waals surface area (Å²) in [6.07, 6.45) is 1.16. The highest BCUT2D eigenvalue weighted by Crippen LogP contribution is 2.17. The Morgan fingerprint density at radius 3 is 2.82 bits per heavy atom. The maximum absolute atomic E-state index is 10.8. The molecule has 1 aromatic heterocycles. The molecule has 0 fully saturated rings. The molecular weight excluding hydrogens is 144 g/mol. The molecule has 0 saturated heterocycles. The summed E-state index contributed by atoms with van der Waals surface area (Å²) in [4.78, 5) is 14.4. The summed E-state index contributed by atoms with van der Waals surface area (Å²) in [6.45, 7) is 1.36. The predicted molar refractivity (Wildman–Crippen MR) is 40.3 cm³/mol. The first-order valence-corrected chi connectivity index (χ1v) is 3.06. The number of nitrogens with zero attached hydrogens (tertiary/aromatic N) is 1. The van der Waals surface area contributed by atoms with Crippen molar-refractivity contribution in [2.24, 2.45) is 0 Å². The molecule has 0 aromatic carbocycles. The number of Topliss-reactive ketones (excluding diaryl/α,β-unsaturated/α-hetero) is 1. The van der Waals surface area contributed by atoms with E-state index in [2.05, 4.69) is 4.98 Å². The Bertz CT molecular complexity index is 296. The zero-order valence-electron chi connectivity index (χ0n) is 6.03. The average Bonchev–Trinajstić information content (AvgIpc) is 1.94. The fourth-order valence-corrected chi connectivity index (χ4v) is 0.746. The van der Waals surface area contributed by atoms with E-state index in [0.29, 0.717) is 0 Å². The second kappa shape index (κ2) is 2.57. The molecule has 1 heterocycles. The van der Waals surface area contributed by atoms with Crippen molar-refractivity contribution in [2.45, 2.75) is 6.92 Å². The van der Waals surface area contributed by atoms with Crippen LogP contribution >= 0.6 is 0 Å². The van der Waals surface area contributed by atoms with Gasteiger partial charge in [0.25, 0.3) is 0 Å². The number of aromatic hydroxyl groups is 1. The topological polar surface area (TPSA) is 76.2 Å². The maximum atomic E-state index is 10.8. The van der Waals surface area contributed by atoms with Crippen LogP contribution in [0.25, 0.3) is 0 Å². The molecule has 1 aromatic rings. The molecule has 58 valence electrons. The number of pyridine rings is 1. The number of hydrogen-bond donors (Lipinski definition) is 2. The van der Waals surface area contributed by atoms with Crippen LogP contribution in [0.5, 0.6) is 5.75 Å². The lowest BCUT2D eigenvalue weighted by Gasteiger charge is -1.99. The standard InChI is InChI=1S/C7H8N2O2/c1-4(10)5-2-7(8)9-3-6(5)11/h2-3,11H,1H3,(H2,8,9). The number of nitrogen functional groups attached to an aromatic ring is 1. The fraction of sp³-hybridized carbons (Fsp3) is 0.143. The third-order valence-corrected chi connectivity index (χ3v) is 1.28. The van der Waals surface area contributed by atoms with Gasteiger partial charge < -0.3 is 10.8 Å². The van der Waals surface area contributed by atoms with Gasteiger partial charge in [0.2, 0.25) is 0 Å². The first-order valence-electron chi connectivity index (χ1n) is 3.06. The average molecular weight is 152 g/mol. The van der Waals surface area contributed by atoms with Crippen molar-refractivity contribution in [1.82, 2.24) is 4.98 Å². The van der Waals surface area contributed by atoms with E-state index in [1.54, 1.807) is 0 Å². The number of carbonyl (C=O) groups is 1. The number of nitrogens with two attached hydrogens (primary N) is 1. The summed E-state index contributed by atoms with van der Waals surface area (Å²) >= 11 is 0. The van der Waals surface area contributed by atoms with Gasteiger partial charge in [0.15, 0.2) is 5.78 Å². The number of ketones is 1. The van der Waals surface area contributed by atoms with E-state index in [1.807, 2.05) is 0 Å². The molecule has 0 aliphatic heterocycles. The van der Waals surface area contributed by atoms with Gasteiger partial charge >= 0.3 is 0 Å². The molecule has 0 unspecified atom stereocenters. The molecule has 4 heteroatoms. The minimum absolute atomic E-state index is 0.133. The van der Waals surface area contributed by atoms with Crippen LogP contribution in [0.2, 0.25) is 0 Å². The Hall–Kier alpha value is -1.58. The minimum atomic E-state index is -0.225. The minimum Gasteiger partial charge on any atom is -0.506 e. The van der Waals surface area contributed by atoms with Crippen LogP contribution in [0.1, 0.15) is 17.3 Å². The van der Waals surface area contributed by atoms with E-state index in [0.717, 1.165) is 6.20 Å². The van der Waals surface area contributed by atoms with Crippen molar-refractivity contribution in [3.63, 3.8) is 0 Å². The molecule has 0 atom stereocenters. The van der Waals surface area contributed by atoms with Crippen LogP contribution < -0.4 is 5.73 Å². The van der Waals surface area contributed by atoms with Crippen LogP contribution in [0.15, 0.2) is 12.3 Å². The number of anilines is 1. The van der Waals surface area contributed by atoms with Gasteiger partial charge in [-0.2, -0.15) is 0 Å². The number of rotatable bonds is 1. The van der Waals surface area contributed by atoms with Crippen molar-refractivity contribution >= 4 is 11.6 Å². The maximum Gasteiger partial charge on any atom is 0.163 e. The molecule has 11 heavy (non-hydrogen) atoms. The Labute approximate surface area is 63.7 Å². The van der Waals surface area contributed by atoms with E-state index >= 15 is 0 Å². The lowest BCUT2D eigenvalue weighted by atomic mass is 10.2. The van der Waals surface area contributed by atoms with Crippen molar-refractivity contribution in [3.05, 3.63) is 17.8 Å². The highest BCUT2D eigenvalue weighted by Gasteiger charge is 2.06. The van der Waals surface area contributed by atoms with E-state index in [-0.39, 0.29) is 22.9 Å². The van der Waals surface area contributed by atoms with Crippen molar-refractivity contribution < 1.29 is 9.90 Å². The summed E-state index contributed by atoms with van der Waals surface area (Å²) < 4.78 is 0. The molecule has 4 nitrogen and oxygen atoms in total. The smallest absolute Gasteiger partial charge is 0.163 e. The quantitative estimate of drug-likeness (QED) is 0.577. The molecular formula is C7H8N2O2. The van der Waals surface area contributed by atoms with Crippen LogP contribution in [0, 0.1) is 0 Å². The first kappa shape index (κ1) is 7.53. The van der Waals surface area contributed by atoms with E-state index in [9.17, 15) is 4.79 Å². The number of aromatic nitrogens is 1. The van der Waals surface area contributed by atoms with Crippen LogP contribution in [-0.4, -0.2) is 15.9 Å². The first-order chi connectivity index (χ1) is 5.11. The molecule has 1 rings (SSSR count). The second-order valence-electron chi connectivity index (χ2n) is 2.18. The van der Waals surface area contributed by atoms with Crippen molar-refractivity contribution in [3.8, 4) is 5.75 Å². The summed E-state index contributed by atoms with van der Waals surface area (Å²) in [7, 11) is 0. The van der Waals surface area contributed by atoms with E-state index < -0.39 is 0 Å². The Morgan fingerprint density at radius 2 is 2.36 bits per heavy atom. The molecule has 0 spiro atoms. The molecule has 0 aliphatic carbocycles. The Morgan fingerprint density at radius 1 is 1.73 bits per heavy atom. The van der Waals surface area contributed by atoms with Gasteiger partial charge in [-0.15, -0.1) is 0 Å². The highest BCUT2D eigenvalue weighted by molar-refractivity contribution is 5.97. The van der Waals surface area contributed by atoms with Crippen molar-refractivity contribution in [2.75, 3.05) is 5.73 Å². The molecule has 0 saturated carbocycles. The monoisotopic (exact) mass is 152 g/mol. The summed E-state index contributed by atoms with van der Waals surface area (Å²) in [5.74, 6) is -0.128. The van der Waals surface area contributed by atoms with Gasteiger partial charge in [0.1, 0.15) is 11.6 Å². The van der Waals surface area contributed by atoms with E-state index in [4.69, 9.17) is 10.8 Å². The zero-order chi connectivity index (χ0) is 8.43. The molecule has 0 radical (unpaired) electrons. The van der Waals surface area contributed by atoms with Gasteiger partial charge in [-0.05, 0) is 13.0 Å². The van der Waals surface area contributed by atoms with Crippen LogP contribution in [0.4, 0.5) is 5.82 Å². The van der Waals surface area contributed by atoms with E-state index in [1.165, 1.54) is 13.0 Å². The highest BCUT2D eigenvalue weighted by atomic mass is 16.3. The Kier molecular flexibility index (Phi) is 1.76. The zero-order valence-corrected chi connectivity index (χ0v) is 6.03. The largest absolute Gasteiger partial charge is 0.506 e. The summed E-state index contributed by atoms with van der Waals surface area (Å²) in [5.41, 5.74) is 5.50. The Balaban J connectivity index is 3.23. The van der Waals surface area contributed by atoms with Gasteiger partial charge in [0, 0.05) is 0 Å². The summed E-state index contributed by atoms with van der Waals surface area (Å²) in [6, 6.07) is 1.34. The molecule has 3 N–H and O–H groups in total. The molecule has 0 amide bonds. The second-order valence-corrected chi connectivity index (χ2v) is 2.18. The third kappa shape index (κ3) is 1.46. The third-order valence-electron chi connectivity index (χ3n) is 1.28. The van der Waals surface area contributed by atoms with Crippen molar-refractivity contribution in [1.29, 1.82) is 0 Å². The summed E-state index contributed by atoms with van der Waals surface area (Å²) in [5, 5.41) is 9.07. The van der Waals surface area contributed by atoms with Gasteiger partial charge in [-0.25, -0.2) is 4.98 Å².